The lowest BCUT2D eigenvalue weighted by atomic mass is 10.0. The highest BCUT2D eigenvalue weighted by Crippen LogP contribution is 2.40. The van der Waals surface area contributed by atoms with E-state index in [1.165, 1.54) is 30.0 Å². The van der Waals surface area contributed by atoms with E-state index in [-0.39, 0.29) is 29.8 Å². The molecule has 5 rings (SSSR count). The number of β-lactam (4-membered cyclic amide) rings is 1. The number of benzene rings is 1. The first-order valence-electron chi connectivity index (χ1n) is 12.7. The number of rotatable bonds is 6. The van der Waals surface area contributed by atoms with Crippen LogP contribution in [-0.4, -0.2) is 74.7 Å². The third kappa shape index (κ3) is 7.00. The van der Waals surface area contributed by atoms with Crippen LogP contribution in [0.2, 0.25) is 0 Å². The Morgan fingerprint density at radius 3 is 2.45 bits per heavy atom. The number of anilines is 2. The van der Waals surface area contributed by atoms with Gasteiger partial charge in [-0.25, -0.2) is 4.79 Å². The molecule has 232 valence electrons. The lowest BCUT2D eigenvalue weighted by Gasteiger charge is -2.49. The van der Waals surface area contributed by atoms with Gasteiger partial charge in [-0.2, -0.15) is 17.7 Å². The summed E-state index contributed by atoms with van der Waals surface area (Å²) in [6.45, 7) is 0.386. The van der Waals surface area contributed by atoms with Crippen LogP contribution in [-0.2, 0) is 30.5 Å². The highest BCUT2D eigenvalue weighted by Gasteiger charge is 2.50. The summed E-state index contributed by atoms with van der Waals surface area (Å²) >= 11 is 1.35. The van der Waals surface area contributed by atoms with Gasteiger partial charge in [0.1, 0.15) is 22.9 Å². The summed E-state index contributed by atoms with van der Waals surface area (Å²) < 4.78 is 33.4. The van der Waals surface area contributed by atoms with Crippen LogP contribution in [0.1, 0.15) is 6.42 Å². The molecule has 0 bridgehead atoms. The number of pyridine rings is 1. The number of carboxylic acid groups (broad SMARTS) is 2. The number of carboxylic acids is 2. The van der Waals surface area contributed by atoms with E-state index < -0.39 is 35.4 Å². The van der Waals surface area contributed by atoms with Gasteiger partial charge in [-0.3, -0.25) is 19.3 Å². The van der Waals surface area contributed by atoms with Crippen molar-refractivity contribution < 1.29 is 57.0 Å². The van der Waals surface area contributed by atoms with Gasteiger partial charge < -0.3 is 36.1 Å². The standard InChI is InChI=1S/C25H23N5O6S.C2HF3O2/c26-20-23(34)30-21(25(35)36)15(13-37-24(20)30)10-14-7-9-29(22(14)33)17-2-1-8-28(11-17)12-19(32)27-16-3-5-18(31)6-4-16;3-2(4,5)1(6)7/h1-6,8,10-11,20,24H,7,9,12-13,26H2,(H2-,27,31,32,35,36);(H,6,7)/t20-,24-;/m1./s1. The average Bonchev–Trinajstić information content (AvgIpc) is 3.32. The van der Waals surface area contributed by atoms with Gasteiger partial charge in [0.15, 0.2) is 12.4 Å². The molecule has 3 aliphatic rings. The number of phenolic OH excluding ortho intramolecular Hbond substituents is 1. The fourth-order valence-corrected chi connectivity index (χ4v) is 5.77. The first-order chi connectivity index (χ1) is 20.7. The Bertz CT molecular complexity index is 1580. The van der Waals surface area contributed by atoms with Gasteiger partial charge in [0.05, 0.1) is 11.7 Å². The van der Waals surface area contributed by atoms with Crippen molar-refractivity contribution in [2.75, 3.05) is 22.5 Å². The van der Waals surface area contributed by atoms with E-state index in [2.05, 4.69) is 5.32 Å². The Labute approximate surface area is 251 Å². The van der Waals surface area contributed by atoms with Crippen molar-refractivity contribution in [3.8, 4) is 5.75 Å². The molecular formula is C27H24F3N5O8S. The van der Waals surface area contributed by atoms with Crippen molar-refractivity contribution in [3.63, 3.8) is 0 Å². The molecule has 0 unspecified atom stereocenters. The quantitative estimate of drug-likeness (QED) is 0.144. The number of phenols is 1. The van der Waals surface area contributed by atoms with Crippen LogP contribution < -0.4 is 25.6 Å². The molecule has 2 atom stereocenters. The third-order valence-electron chi connectivity index (χ3n) is 6.58. The molecular weight excluding hydrogens is 611 g/mol. The smallest absolute Gasteiger partial charge is 0.490 e. The zero-order valence-electron chi connectivity index (χ0n) is 22.5. The summed E-state index contributed by atoms with van der Waals surface area (Å²) in [7, 11) is 0. The molecule has 1 aromatic heterocycles. The maximum absolute atomic E-state index is 13.2. The number of hydrogen-bond donors (Lipinski definition) is 4. The van der Waals surface area contributed by atoms with Gasteiger partial charge >= 0.3 is 12.1 Å². The maximum Gasteiger partial charge on any atom is 0.490 e. The number of aromatic hydroxyl groups is 1. The minimum atomic E-state index is -5.08. The van der Waals surface area contributed by atoms with Crippen molar-refractivity contribution >= 4 is 52.8 Å². The number of thioether (sulfide) groups is 1. The Balaban J connectivity index is 0.000000566. The van der Waals surface area contributed by atoms with Crippen molar-refractivity contribution in [2.24, 2.45) is 5.73 Å². The van der Waals surface area contributed by atoms with Crippen molar-refractivity contribution in [3.05, 3.63) is 71.7 Å². The Kier molecular flexibility index (Phi) is 9.29. The minimum Gasteiger partial charge on any atom is -0.543 e. The molecule has 1 aromatic carbocycles. The van der Waals surface area contributed by atoms with E-state index >= 15 is 0 Å². The molecule has 2 fully saturated rings. The fourth-order valence-electron chi connectivity index (χ4n) is 4.52. The maximum atomic E-state index is 13.2. The molecule has 0 aliphatic carbocycles. The second kappa shape index (κ2) is 12.8. The summed E-state index contributed by atoms with van der Waals surface area (Å²) in [6.07, 6.45) is 0.235. The van der Waals surface area contributed by atoms with Crippen LogP contribution in [0.25, 0.3) is 0 Å². The first-order valence-corrected chi connectivity index (χ1v) is 13.8. The molecule has 44 heavy (non-hydrogen) atoms. The zero-order chi connectivity index (χ0) is 32.3. The van der Waals surface area contributed by atoms with Gasteiger partial charge in [-0.1, -0.05) is 0 Å². The van der Waals surface area contributed by atoms with E-state index in [0.29, 0.717) is 41.2 Å². The summed E-state index contributed by atoms with van der Waals surface area (Å²) in [6, 6.07) is 8.85. The normalized spacial score (nSPS) is 20.5. The Hall–Kier alpha value is -4.90. The SMILES string of the molecule is N[C@@H]1C(=O)N2C(C(=O)[O-])=C(C=C3CCN(c4ccc[n+](CC(=O)Nc5ccc(O)cc5)c4)C3=O)CS[C@H]12.O=C(O)C(F)(F)F. The van der Waals surface area contributed by atoms with Crippen molar-refractivity contribution in [2.45, 2.75) is 30.6 Å². The topological polar surface area (TPSA) is 197 Å². The number of halogens is 3. The predicted molar refractivity (Wildman–Crippen MR) is 145 cm³/mol. The van der Waals surface area contributed by atoms with Crippen LogP contribution in [0.5, 0.6) is 5.75 Å². The molecule has 3 aliphatic heterocycles. The molecule has 0 spiro atoms. The largest absolute Gasteiger partial charge is 0.543 e. The van der Waals surface area contributed by atoms with Crippen LogP contribution >= 0.6 is 11.8 Å². The number of alkyl halides is 3. The van der Waals surface area contributed by atoms with Gasteiger partial charge in [0, 0.05) is 29.6 Å². The summed E-state index contributed by atoms with van der Waals surface area (Å²) in [5.74, 6) is -4.88. The van der Waals surface area contributed by atoms with Crippen LogP contribution in [0.3, 0.4) is 0 Å². The highest BCUT2D eigenvalue weighted by molar-refractivity contribution is 8.00. The van der Waals surface area contributed by atoms with Gasteiger partial charge in [0.25, 0.3) is 11.8 Å². The molecule has 2 saturated heterocycles. The van der Waals surface area contributed by atoms with E-state index in [1.807, 2.05) is 0 Å². The van der Waals surface area contributed by atoms with Crippen molar-refractivity contribution in [1.82, 2.24) is 4.90 Å². The Morgan fingerprint density at radius 2 is 1.84 bits per heavy atom. The third-order valence-corrected chi connectivity index (χ3v) is 7.90. The first kappa shape index (κ1) is 32.0. The number of aromatic nitrogens is 1. The average molecular weight is 636 g/mol. The van der Waals surface area contributed by atoms with Gasteiger partial charge in [-0.15, -0.1) is 11.8 Å². The summed E-state index contributed by atoms with van der Waals surface area (Å²) in [5, 5.41) is 30.6. The number of aliphatic carboxylic acids is 2. The fraction of sp³-hybridized carbons (Fsp3) is 0.259. The number of hydrogen-bond acceptors (Lipinski definition) is 9. The predicted octanol–water partition coefficient (Wildman–Crippen LogP) is -0.139. The van der Waals surface area contributed by atoms with E-state index in [1.54, 1.807) is 46.1 Å². The van der Waals surface area contributed by atoms with Crippen LogP contribution in [0.15, 0.2) is 71.7 Å². The van der Waals surface area contributed by atoms with Crippen LogP contribution in [0, 0.1) is 0 Å². The lowest BCUT2D eigenvalue weighted by molar-refractivity contribution is -0.683. The number of nitrogens with one attached hydrogen (secondary N) is 1. The van der Waals surface area contributed by atoms with Crippen LogP contribution in [0.4, 0.5) is 24.5 Å². The molecule has 4 heterocycles. The van der Waals surface area contributed by atoms with Gasteiger partial charge in [-0.05, 0) is 48.4 Å². The molecule has 2 aromatic rings. The molecule has 0 radical (unpaired) electrons. The number of carbonyl (C=O) groups excluding carboxylic acids is 4. The van der Waals surface area contributed by atoms with E-state index in [9.17, 15) is 42.6 Å². The summed E-state index contributed by atoms with van der Waals surface area (Å²) in [5.41, 5.74) is 7.45. The Morgan fingerprint density at radius 1 is 1.18 bits per heavy atom. The minimum absolute atomic E-state index is 0.00565. The van der Waals surface area contributed by atoms with E-state index in [0.717, 1.165) is 4.90 Å². The zero-order valence-corrected chi connectivity index (χ0v) is 23.3. The lowest BCUT2D eigenvalue weighted by Crippen LogP contribution is -2.69. The molecule has 13 nitrogen and oxygen atoms in total. The number of fused-ring (bicyclic) bond motifs is 1. The number of allylic oxidation sites excluding steroid dienone is 1. The number of amides is 3. The molecule has 5 N–H and O–H groups in total. The van der Waals surface area contributed by atoms with E-state index in [4.69, 9.17) is 15.6 Å². The number of nitrogens with zero attached hydrogens (tertiary/aromatic N) is 3. The second-order valence-corrected chi connectivity index (χ2v) is 10.7. The molecule has 3 amide bonds. The molecule has 0 saturated carbocycles. The monoisotopic (exact) mass is 635 g/mol. The van der Waals surface area contributed by atoms with Gasteiger partial charge in [0.2, 0.25) is 12.5 Å². The second-order valence-electron chi connectivity index (χ2n) is 9.61. The number of carbonyl (C=O) groups is 5. The molecule has 17 heteroatoms. The van der Waals surface area contributed by atoms with Crippen molar-refractivity contribution in [1.29, 1.82) is 0 Å². The highest BCUT2D eigenvalue weighted by atomic mass is 32.2. The number of nitrogens with two attached hydrogens (primary N) is 1. The summed E-state index contributed by atoms with van der Waals surface area (Å²) in [4.78, 5) is 61.2.